The summed E-state index contributed by atoms with van der Waals surface area (Å²) >= 11 is 0. The Balaban J connectivity index is 2.00. The second-order valence-corrected chi connectivity index (χ2v) is 7.72. The monoisotopic (exact) mass is 398 g/mol. The van der Waals surface area contributed by atoms with Gasteiger partial charge in [-0.15, -0.1) is 0 Å². The first kappa shape index (κ1) is 22.1. The maximum Gasteiger partial charge on any atom is 0.328 e. The van der Waals surface area contributed by atoms with E-state index in [-0.39, 0.29) is 5.75 Å². The summed E-state index contributed by atoms with van der Waals surface area (Å²) in [5, 5.41) is 12.0. The molecule has 1 unspecified atom stereocenters. The van der Waals surface area contributed by atoms with Gasteiger partial charge >= 0.3 is 5.97 Å². The number of carbonyl (C=O) groups is 3. The lowest BCUT2D eigenvalue weighted by atomic mass is 10.0. The fraction of sp³-hybridized carbons (Fsp3) is 0.318. The highest BCUT2D eigenvalue weighted by Crippen LogP contribution is 2.17. The van der Waals surface area contributed by atoms with Gasteiger partial charge < -0.3 is 25.7 Å². The Bertz CT molecular complexity index is 854. The zero-order chi connectivity index (χ0) is 21.6. The van der Waals surface area contributed by atoms with Crippen molar-refractivity contribution in [2.24, 2.45) is 5.73 Å². The Morgan fingerprint density at radius 3 is 2.21 bits per heavy atom. The number of benzene rings is 2. The highest BCUT2D eigenvalue weighted by atomic mass is 16.6. The van der Waals surface area contributed by atoms with Crippen LogP contribution in [0.4, 0.5) is 0 Å². The molecule has 2 rings (SSSR count). The third kappa shape index (κ3) is 6.73. The van der Waals surface area contributed by atoms with Crippen LogP contribution in [0.1, 0.15) is 48.3 Å². The average molecular weight is 398 g/mol. The number of nitrogens with two attached hydrogens (primary N) is 1. The fourth-order valence-corrected chi connectivity index (χ4v) is 2.61. The summed E-state index contributed by atoms with van der Waals surface area (Å²) in [7, 11) is 0. The molecular formula is C22H26N2O5. The minimum atomic E-state index is -0.955. The van der Waals surface area contributed by atoms with E-state index in [0.29, 0.717) is 23.8 Å². The molecule has 0 aliphatic carbocycles. The number of aldehydes is 1. The Hall–Kier alpha value is -3.19. The molecule has 29 heavy (non-hydrogen) atoms. The molecule has 2 aromatic carbocycles. The van der Waals surface area contributed by atoms with Crippen molar-refractivity contribution in [3.63, 3.8) is 0 Å². The first-order valence-electron chi connectivity index (χ1n) is 9.21. The number of esters is 1. The number of rotatable bonds is 7. The van der Waals surface area contributed by atoms with Gasteiger partial charge in [0.1, 0.15) is 23.7 Å². The lowest BCUT2D eigenvalue weighted by molar-refractivity contribution is -0.156. The molecule has 7 nitrogen and oxygen atoms in total. The molecule has 0 saturated heterocycles. The summed E-state index contributed by atoms with van der Waals surface area (Å²) < 4.78 is 5.27. The Labute approximate surface area is 169 Å². The number of amides is 1. The quantitative estimate of drug-likeness (QED) is 0.486. The van der Waals surface area contributed by atoms with Crippen molar-refractivity contribution in [3.05, 3.63) is 65.2 Å². The maximum absolute atomic E-state index is 12.4. The van der Waals surface area contributed by atoms with Gasteiger partial charge in [-0.3, -0.25) is 4.79 Å². The van der Waals surface area contributed by atoms with Crippen LogP contribution in [0.3, 0.4) is 0 Å². The van der Waals surface area contributed by atoms with E-state index in [4.69, 9.17) is 10.5 Å². The van der Waals surface area contributed by atoms with Crippen LogP contribution >= 0.6 is 0 Å². The van der Waals surface area contributed by atoms with Crippen LogP contribution < -0.4 is 11.1 Å². The van der Waals surface area contributed by atoms with Crippen molar-refractivity contribution >= 4 is 18.2 Å². The number of aromatic hydroxyl groups is 1. The lowest BCUT2D eigenvalue weighted by Crippen LogP contribution is -2.37. The molecule has 0 bridgehead atoms. The van der Waals surface area contributed by atoms with Gasteiger partial charge in [0.25, 0.3) is 5.91 Å². The molecule has 0 spiro atoms. The number of phenols is 1. The SMILES string of the molecule is CC(C)(C)OC(=O)C(N)c1ccc(C(=O)N[C@H](C=O)Cc2ccc(O)cc2)cc1. The minimum Gasteiger partial charge on any atom is -0.508 e. The van der Waals surface area contributed by atoms with Gasteiger partial charge in [0, 0.05) is 5.56 Å². The molecule has 2 aromatic rings. The molecule has 154 valence electrons. The van der Waals surface area contributed by atoms with Gasteiger partial charge in [0.2, 0.25) is 0 Å². The van der Waals surface area contributed by atoms with Crippen LogP contribution in [0.2, 0.25) is 0 Å². The second-order valence-electron chi connectivity index (χ2n) is 7.72. The van der Waals surface area contributed by atoms with Crippen LogP contribution in [0.15, 0.2) is 48.5 Å². The summed E-state index contributed by atoms with van der Waals surface area (Å²) in [6.45, 7) is 5.27. The third-order valence-corrected chi connectivity index (χ3v) is 4.07. The normalized spacial score (nSPS) is 13.2. The van der Waals surface area contributed by atoms with E-state index in [0.717, 1.165) is 5.56 Å². The predicted octanol–water partition coefficient (Wildman–Crippen LogP) is 2.27. The maximum atomic E-state index is 12.4. The zero-order valence-electron chi connectivity index (χ0n) is 16.7. The van der Waals surface area contributed by atoms with Crippen LogP contribution in [0.5, 0.6) is 5.75 Å². The molecule has 4 N–H and O–H groups in total. The second kappa shape index (κ2) is 9.34. The van der Waals surface area contributed by atoms with Gasteiger partial charge in [-0.1, -0.05) is 24.3 Å². The van der Waals surface area contributed by atoms with E-state index in [1.807, 2.05) is 0 Å². The number of carbonyl (C=O) groups excluding carboxylic acids is 3. The summed E-state index contributed by atoms with van der Waals surface area (Å²) in [6.07, 6.45) is 0.967. The molecule has 0 aromatic heterocycles. The summed E-state index contributed by atoms with van der Waals surface area (Å²) in [5.41, 5.74) is 6.95. The van der Waals surface area contributed by atoms with Crippen molar-refractivity contribution in [1.29, 1.82) is 0 Å². The molecule has 7 heteroatoms. The first-order chi connectivity index (χ1) is 13.6. The minimum absolute atomic E-state index is 0.130. The molecule has 0 aliphatic rings. The van der Waals surface area contributed by atoms with Crippen molar-refractivity contribution in [3.8, 4) is 5.75 Å². The highest BCUT2D eigenvalue weighted by molar-refractivity contribution is 5.95. The molecule has 2 atom stereocenters. The lowest BCUT2D eigenvalue weighted by Gasteiger charge is -2.22. The fourth-order valence-electron chi connectivity index (χ4n) is 2.61. The number of nitrogens with one attached hydrogen (secondary N) is 1. The Morgan fingerprint density at radius 1 is 1.10 bits per heavy atom. The van der Waals surface area contributed by atoms with Crippen molar-refractivity contribution in [2.45, 2.75) is 44.9 Å². The van der Waals surface area contributed by atoms with Gasteiger partial charge in [-0.05, 0) is 62.6 Å². The van der Waals surface area contributed by atoms with Gasteiger partial charge in [-0.25, -0.2) is 4.79 Å². The molecule has 1 amide bonds. The number of hydrogen-bond acceptors (Lipinski definition) is 6. The van der Waals surface area contributed by atoms with Crippen LogP contribution in [-0.4, -0.2) is 34.9 Å². The Kier molecular flexibility index (Phi) is 7.12. The van der Waals surface area contributed by atoms with E-state index >= 15 is 0 Å². The van der Waals surface area contributed by atoms with E-state index in [1.54, 1.807) is 45.0 Å². The molecule has 0 aliphatic heterocycles. The van der Waals surface area contributed by atoms with Crippen LogP contribution in [-0.2, 0) is 20.7 Å². The van der Waals surface area contributed by atoms with E-state index in [9.17, 15) is 19.5 Å². The number of phenolic OH excluding ortho intramolecular Hbond substituents is 1. The number of ether oxygens (including phenoxy) is 1. The van der Waals surface area contributed by atoms with Gasteiger partial charge in [-0.2, -0.15) is 0 Å². The van der Waals surface area contributed by atoms with Gasteiger partial charge in [0.05, 0.1) is 6.04 Å². The van der Waals surface area contributed by atoms with E-state index in [1.165, 1.54) is 24.3 Å². The molecule has 0 fully saturated rings. The smallest absolute Gasteiger partial charge is 0.328 e. The van der Waals surface area contributed by atoms with Crippen LogP contribution in [0, 0.1) is 0 Å². The standard InChI is InChI=1S/C22H26N2O5/c1-22(2,3)29-21(28)19(23)15-6-8-16(9-7-15)20(27)24-17(13-25)12-14-4-10-18(26)11-5-14/h4-11,13,17,19,26H,12,23H2,1-3H3,(H,24,27)/t17-,19?/m0/s1. The molecule has 0 radical (unpaired) electrons. The van der Waals surface area contributed by atoms with Crippen LogP contribution in [0.25, 0.3) is 0 Å². The zero-order valence-corrected chi connectivity index (χ0v) is 16.7. The summed E-state index contributed by atoms with van der Waals surface area (Å²) in [6, 6.07) is 11.0. The first-order valence-corrected chi connectivity index (χ1v) is 9.21. The predicted molar refractivity (Wildman–Crippen MR) is 108 cm³/mol. The van der Waals surface area contributed by atoms with Crippen molar-refractivity contribution in [2.75, 3.05) is 0 Å². The Morgan fingerprint density at radius 2 is 1.69 bits per heavy atom. The average Bonchev–Trinajstić information content (AvgIpc) is 2.67. The third-order valence-electron chi connectivity index (χ3n) is 4.07. The van der Waals surface area contributed by atoms with E-state index in [2.05, 4.69) is 5.32 Å². The molecule has 0 saturated carbocycles. The largest absolute Gasteiger partial charge is 0.508 e. The summed E-state index contributed by atoms with van der Waals surface area (Å²) in [4.78, 5) is 35.8. The molecule has 0 heterocycles. The van der Waals surface area contributed by atoms with Gasteiger partial charge in [0.15, 0.2) is 0 Å². The van der Waals surface area contributed by atoms with Crippen molar-refractivity contribution < 1.29 is 24.2 Å². The topological polar surface area (TPSA) is 119 Å². The molecular weight excluding hydrogens is 372 g/mol. The van der Waals surface area contributed by atoms with Crippen molar-refractivity contribution in [1.82, 2.24) is 5.32 Å². The summed E-state index contributed by atoms with van der Waals surface area (Å²) in [5.74, 6) is -0.840. The highest BCUT2D eigenvalue weighted by Gasteiger charge is 2.23. The number of hydrogen-bond donors (Lipinski definition) is 3. The van der Waals surface area contributed by atoms with E-state index < -0.39 is 29.6 Å².